The Morgan fingerprint density at radius 2 is 2.04 bits per heavy atom. The number of nitrogens with zero attached hydrogens (tertiary/aromatic N) is 3. The van der Waals surface area contributed by atoms with E-state index >= 15 is 0 Å². The Hall–Kier alpha value is -2.51. The van der Waals surface area contributed by atoms with Crippen LogP contribution in [0.2, 0.25) is 10.0 Å². The molecule has 7 nitrogen and oxygen atoms in total. The molecule has 2 heterocycles. The molecule has 1 unspecified atom stereocenters. The van der Waals surface area contributed by atoms with Crippen molar-refractivity contribution in [3.8, 4) is 0 Å². The van der Waals surface area contributed by atoms with Crippen molar-refractivity contribution < 1.29 is 14.7 Å². The zero-order chi connectivity index (χ0) is 19.0. The third-order valence-electron chi connectivity index (χ3n) is 4.12. The van der Waals surface area contributed by atoms with E-state index in [-0.39, 0.29) is 0 Å². The second-order valence-electron chi connectivity index (χ2n) is 5.96. The van der Waals surface area contributed by atoms with Gasteiger partial charge in [-0.2, -0.15) is 5.10 Å². The molecule has 0 fully saturated rings. The van der Waals surface area contributed by atoms with Gasteiger partial charge in [0.1, 0.15) is 18.4 Å². The molecule has 3 rings (SSSR count). The van der Waals surface area contributed by atoms with E-state index in [0.717, 1.165) is 16.3 Å². The lowest BCUT2D eigenvalue weighted by atomic mass is 9.94. The molecule has 26 heavy (non-hydrogen) atoms. The number of carbonyl (C=O) groups excluding carboxylic acids is 1. The first-order valence-corrected chi connectivity index (χ1v) is 8.48. The van der Waals surface area contributed by atoms with E-state index in [1.807, 2.05) is 0 Å². The highest BCUT2D eigenvalue weighted by molar-refractivity contribution is 6.42. The Balaban J connectivity index is 2.11. The van der Waals surface area contributed by atoms with Crippen LogP contribution in [0, 0.1) is 0 Å². The van der Waals surface area contributed by atoms with Crippen molar-refractivity contribution in [1.82, 2.24) is 14.7 Å². The summed E-state index contributed by atoms with van der Waals surface area (Å²) < 4.78 is 1.66. The highest BCUT2D eigenvalue weighted by atomic mass is 35.5. The summed E-state index contributed by atoms with van der Waals surface area (Å²) in [6, 6.07) is 6.34. The van der Waals surface area contributed by atoms with Gasteiger partial charge in [-0.3, -0.25) is 9.59 Å². The lowest BCUT2D eigenvalue weighted by molar-refractivity contribution is -0.142. The van der Waals surface area contributed by atoms with Crippen LogP contribution in [-0.2, 0) is 9.59 Å². The SMILES string of the molecule is CC1=C(C(=O)N(C)CC(=O)O)C(c2ccc(Cl)c(Cl)c2)n2nccc2N1. The van der Waals surface area contributed by atoms with Crippen LogP contribution in [-0.4, -0.2) is 45.3 Å². The number of carboxylic acid groups (broad SMARTS) is 1. The number of likely N-dealkylation sites (N-methyl/N-ethyl adjacent to an activating group) is 1. The normalized spacial score (nSPS) is 16.1. The monoisotopic (exact) mass is 394 g/mol. The standard InChI is InChI=1S/C17H16Cl2N4O3/c1-9-15(17(26)22(2)8-14(24)25)16(23-13(21-9)5-6-20-23)10-3-4-11(18)12(19)7-10/h3-7,16,21H,8H2,1-2H3,(H,24,25). The maximum absolute atomic E-state index is 13.0. The van der Waals surface area contributed by atoms with Crippen molar-refractivity contribution in [1.29, 1.82) is 0 Å². The average Bonchev–Trinajstić information content (AvgIpc) is 3.02. The van der Waals surface area contributed by atoms with Crippen molar-refractivity contribution in [3.63, 3.8) is 0 Å². The van der Waals surface area contributed by atoms with Gasteiger partial charge in [0.2, 0.25) is 0 Å². The minimum absolute atomic E-state index is 0.361. The van der Waals surface area contributed by atoms with E-state index in [2.05, 4.69) is 10.4 Å². The smallest absolute Gasteiger partial charge is 0.323 e. The number of carboxylic acids is 1. The molecule has 1 amide bonds. The van der Waals surface area contributed by atoms with Gasteiger partial charge in [0.05, 0.1) is 21.8 Å². The molecule has 2 aromatic rings. The number of rotatable bonds is 4. The fraction of sp³-hybridized carbons (Fsp3) is 0.235. The molecule has 1 aliphatic rings. The van der Waals surface area contributed by atoms with Crippen molar-refractivity contribution in [3.05, 3.63) is 57.3 Å². The second kappa shape index (κ2) is 7.01. The predicted molar refractivity (Wildman–Crippen MR) is 98.4 cm³/mol. The number of aliphatic carboxylic acids is 1. The highest BCUT2D eigenvalue weighted by Gasteiger charge is 2.34. The van der Waals surface area contributed by atoms with Crippen LogP contribution >= 0.6 is 23.2 Å². The van der Waals surface area contributed by atoms with Gasteiger partial charge in [0.25, 0.3) is 5.91 Å². The van der Waals surface area contributed by atoms with Gasteiger partial charge in [0.15, 0.2) is 0 Å². The number of hydrogen-bond donors (Lipinski definition) is 2. The topological polar surface area (TPSA) is 87.5 Å². The molecular weight excluding hydrogens is 379 g/mol. The third-order valence-corrected chi connectivity index (χ3v) is 4.86. The zero-order valence-corrected chi connectivity index (χ0v) is 15.5. The number of halogens is 2. The first-order valence-electron chi connectivity index (χ1n) is 7.73. The number of fused-ring (bicyclic) bond motifs is 1. The molecule has 2 N–H and O–H groups in total. The van der Waals surface area contributed by atoms with Crippen LogP contribution in [0.4, 0.5) is 5.82 Å². The summed E-state index contributed by atoms with van der Waals surface area (Å²) in [5.74, 6) is -0.778. The number of carbonyl (C=O) groups is 2. The van der Waals surface area contributed by atoms with Gasteiger partial charge >= 0.3 is 5.97 Å². The molecular formula is C17H16Cl2N4O3. The van der Waals surface area contributed by atoms with Crippen molar-refractivity contribution in [2.45, 2.75) is 13.0 Å². The average molecular weight is 395 g/mol. The number of hydrogen-bond acceptors (Lipinski definition) is 4. The van der Waals surface area contributed by atoms with Gasteiger partial charge in [-0.1, -0.05) is 29.3 Å². The Labute approximate surface area is 159 Å². The fourth-order valence-electron chi connectivity index (χ4n) is 2.95. The molecule has 1 atom stereocenters. The van der Waals surface area contributed by atoms with Gasteiger partial charge < -0.3 is 15.3 Å². The van der Waals surface area contributed by atoms with Gasteiger partial charge in [-0.05, 0) is 24.6 Å². The first-order chi connectivity index (χ1) is 12.3. The number of benzene rings is 1. The van der Waals surface area contributed by atoms with Crippen LogP contribution < -0.4 is 5.32 Å². The fourth-order valence-corrected chi connectivity index (χ4v) is 3.26. The Bertz CT molecular complexity index is 922. The summed E-state index contributed by atoms with van der Waals surface area (Å²) in [6.07, 6.45) is 1.62. The van der Waals surface area contributed by atoms with E-state index in [0.29, 0.717) is 21.3 Å². The minimum Gasteiger partial charge on any atom is -0.480 e. The van der Waals surface area contributed by atoms with Crippen molar-refractivity contribution in [2.24, 2.45) is 0 Å². The van der Waals surface area contributed by atoms with E-state index in [1.165, 1.54) is 7.05 Å². The summed E-state index contributed by atoms with van der Waals surface area (Å²) in [5, 5.41) is 17.2. The van der Waals surface area contributed by atoms with Gasteiger partial charge in [0, 0.05) is 18.8 Å². The van der Waals surface area contributed by atoms with Crippen molar-refractivity contribution in [2.75, 3.05) is 18.9 Å². The van der Waals surface area contributed by atoms with Crippen LogP contribution in [0.5, 0.6) is 0 Å². The molecule has 9 heteroatoms. The van der Waals surface area contributed by atoms with E-state index < -0.39 is 24.5 Å². The molecule has 1 aliphatic heterocycles. The minimum atomic E-state index is -1.09. The summed E-state index contributed by atoms with van der Waals surface area (Å²) in [7, 11) is 1.45. The quantitative estimate of drug-likeness (QED) is 0.831. The maximum Gasteiger partial charge on any atom is 0.323 e. The molecule has 0 saturated carbocycles. The number of allylic oxidation sites excluding steroid dienone is 1. The molecule has 1 aromatic carbocycles. The molecule has 136 valence electrons. The van der Waals surface area contributed by atoms with Crippen LogP contribution in [0.1, 0.15) is 18.5 Å². The molecule has 0 saturated heterocycles. The summed E-state index contributed by atoms with van der Waals surface area (Å²) in [5.41, 5.74) is 1.73. The van der Waals surface area contributed by atoms with E-state index in [9.17, 15) is 9.59 Å². The Morgan fingerprint density at radius 3 is 2.69 bits per heavy atom. The summed E-state index contributed by atoms with van der Waals surface area (Å²) >= 11 is 12.2. The number of aromatic nitrogens is 2. The Morgan fingerprint density at radius 1 is 1.31 bits per heavy atom. The number of anilines is 1. The zero-order valence-electron chi connectivity index (χ0n) is 14.0. The summed E-state index contributed by atoms with van der Waals surface area (Å²) in [6.45, 7) is 1.36. The second-order valence-corrected chi connectivity index (χ2v) is 6.77. The lowest BCUT2D eigenvalue weighted by Crippen LogP contribution is -2.38. The van der Waals surface area contributed by atoms with Gasteiger partial charge in [-0.15, -0.1) is 0 Å². The summed E-state index contributed by atoms with van der Waals surface area (Å²) in [4.78, 5) is 25.1. The molecule has 1 aromatic heterocycles. The lowest BCUT2D eigenvalue weighted by Gasteiger charge is -2.31. The predicted octanol–water partition coefficient (Wildman–Crippen LogP) is 3.02. The van der Waals surface area contributed by atoms with Crippen LogP contribution in [0.15, 0.2) is 41.7 Å². The number of amides is 1. The van der Waals surface area contributed by atoms with Crippen LogP contribution in [0.25, 0.3) is 0 Å². The molecule has 0 spiro atoms. The first kappa shape index (κ1) is 18.3. The van der Waals surface area contributed by atoms with Crippen LogP contribution in [0.3, 0.4) is 0 Å². The maximum atomic E-state index is 13.0. The van der Waals surface area contributed by atoms with Crippen molar-refractivity contribution >= 4 is 40.9 Å². The number of nitrogens with one attached hydrogen (secondary N) is 1. The molecule has 0 bridgehead atoms. The third kappa shape index (κ3) is 3.27. The van der Waals surface area contributed by atoms with E-state index in [4.69, 9.17) is 28.3 Å². The highest BCUT2D eigenvalue weighted by Crippen LogP contribution is 2.38. The van der Waals surface area contributed by atoms with E-state index in [1.54, 1.807) is 42.1 Å². The molecule has 0 aliphatic carbocycles. The largest absolute Gasteiger partial charge is 0.480 e. The Kier molecular flexibility index (Phi) is 4.93. The molecule has 0 radical (unpaired) electrons. The van der Waals surface area contributed by atoms with Gasteiger partial charge in [-0.25, -0.2) is 4.68 Å².